The number of carbonyl (C=O) groups excluding carboxylic acids is 1. The molecule has 0 saturated carbocycles. The highest BCUT2D eigenvalue weighted by atomic mass is 16.2. The van der Waals surface area contributed by atoms with Crippen molar-refractivity contribution in [2.24, 2.45) is 0 Å². The highest BCUT2D eigenvalue weighted by Gasteiger charge is 2.17. The summed E-state index contributed by atoms with van der Waals surface area (Å²) >= 11 is 0. The minimum absolute atomic E-state index is 0.415. The fourth-order valence-electron chi connectivity index (χ4n) is 1.72. The highest BCUT2D eigenvalue weighted by Crippen LogP contribution is 2.15. The number of nitrogens with zero attached hydrogens (tertiary/aromatic N) is 2. The Morgan fingerprint density at radius 1 is 1.33 bits per heavy atom. The molecule has 0 unspecified atom stereocenters. The molecule has 18 heavy (non-hydrogen) atoms. The lowest BCUT2D eigenvalue weighted by molar-refractivity contribution is 0.242. The van der Waals surface area contributed by atoms with Crippen LogP contribution in [-0.2, 0) is 0 Å². The van der Waals surface area contributed by atoms with Crippen LogP contribution in [0.4, 0.5) is 4.79 Å². The van der Waals surface area contributed by atoms with Crippen molar-refractivity contribution in [2.45, 2.75) is 19.8 Å². The van der Waals surface area contributed by atoms with Gasteiger partial charge >= 0.3 is 11.7 Å². The van der Waals surface area contributed by atoms with Crippen LogP contribution in [0.25, 0.3) is 11.4 Å². The molecule has 5 heteroatoms. The standard InChI is InChI=1S/C13H15N3O2/c1-2-3-9-14-12(17)16-11-8-6-4-5-7-10(11)15-13(16)18/h4-8H,2-3,9H2,1H3,(H,14,17). The first kappa shape index (κ1) is 12.3. The zero-order valence-corrected chi connectivity index (χ0v) is 10.2. The smallest absolute Gasteiger partial charge is 0.337 e. The summed E-state index contributed by atoms with van der Waals surface area (Å²) in [6.07, 6.45) is 1.88. The predicted molar refractivity (Wildman–Crippen MR) is 68.8 cm³/mol. The normalized spacial score (nSPS) is 10.5. The van der Waals surface area contributed by atoms with Crippen molar-refractivity contribution in [1.82, 2.24) is 14.9 Å². The monoisotopic (exact) mass is 245 g/mol. The Morgan fingerprint density at radius 3 is 2.89 bits per heavy atom. The average Bonchev–Trinajstić information content (AvgIpc) is 2.51. The van der Waals surface area contributed by atoms with Gasteiger partial charge in [0.05, 0.1) is 11.4 Å². The second-order valence-electron chi connectivity index (χ2n) is 4.00. The summed E-state index contributed by atoms with van der Waals surface area (Å²) in [4.78, 5) is 27.5. The lowest BCUT2D eigenvalue weighted by Crippen LogP contribution is -2.35. The van der Waals surface area contributed by atoms with E-state index in [1.165, 1.54) is 0 Å². The van der Waals surface area contributed by atoms with E-state index in [2.05, 4.69) is 10.3 Å². The van der Waals surface area contributed by atoms with Crippen molar-refractivity contribution in [2.75, 3.05) is 6.54 Å². The van der Waals surface area contributed by atoms with E-state index in [0.717, 1.165) is 17.4 Å². The Morgan fingerprint density at radius 2 is 2.11 bits per heavy atom. The molecule has 0 aromatic carbocycles. The summed E-state index contributed by atoms with van der Waals surface area (Å²) in [5, 5.41) is 2.71. The number of unbranched alkanes of at least 4 members (excludes halogenated alkanes) is 1. The molecule has 1 aliphatic heterocycles. The van der Waals surface area contributed by atoms with Crippen LogP contribution >= 0.6 is 0 Å². The maximum Gasteiger partial charge on any atom is 0.357 e. The first-order valence-corrected chi connectivity index (χ1v) is 6.00. The van der Waals surface area contributed by atoms with Crippen molar-refractivity contribution in [1.29, 1.82) is 0 Å². The molecule has 0 aromatic rings. The molecule has 2 rings (SSSR count). The van der Waals surface area contributed by atoms with Gasteiger partial charge in [-0.25, -0.2) is 14.2 Å². The number of hydrogen-bond acceptors (Lipinski definition) is 3. The minimum Gasteiger partial charge on any atom is -0.337 e. The van der Waals surface area contributed by atoms with Gasteiger partial charge < -0.3 is 5.32 Å². The zero-order chi connectivity index (χ0) is 13.0. The molecule has 1 aliphatic carbocycles. The van der Waals surface area contributed by atoms with Gasteiger partial charge in [0.2, 0.25) is 0 Å². The Balaban J connectivity index is 2.32. The van der Waals surface area contributed by atoms with E-state index in [1.54, 1.807) is 24.3 Å². The van der Waals surface area contributed by atoms with E-state index < -0.39 is 11.7 Å². The molecule has 5 nitrogen and oxygen atoms in total. The van der Waals surface area contributed by atoms with E-state index in [-0.39, 0.29) is 0 Å². The molecule has 1 amide bonds. The van der Waals surface area contributed by atoms with E-state index >= 15 is 0 Å². The molecule has 0 fully saturated rings. The van der Waals surface area contributed by atoms with Gasteiger partial charge in [-0.2, -0.15) is 4.98 Å². The molecule has 0 bridgehead atoms. The van der Waals surface area contributed by atoms with E-state index in [0.29, 0.717) is 17.9 Å². The van der Waals surface area contributed by atoms with Gasteiger partial charge in [0.15, 0.2) is 0 Å². The Kier molecular flexibility index (Phi) is 3.72. The highest BCUT2D eigenvalue weighted by molar-refractivity contribution is 5.82. The Labute approximate surface area is 105 Å². The molecule has 0 spiro atoms. The fraction of sp³-hybridized carbons (Fsp3) is 0.308. The number of hydrogen-bond donors (Lipinski definition) is 1. The van der Waals surface area contributed by atoms with Crippen molar-refractivity contribution in [3.8, 4) is 11.4 Å². The van der Waals surface area contributed by atoms with Crippen LogP contribution in [0.5, 0.6) is 0 Å². The number of amides is 1. The summed E-state index contributed by atoms with van der Waals surface area (Å²) < 4.78 is 1.07. The first-order valence-electron chi connectivity index (χ1n) is 6.00. The maximum atomic E-state index is 11.9. The molecule has 1 N–H and O–H groups in total. The zero-order valence-electron chi connectivity index (χ0n) is 10.2. The van der Waals surface area contributed by atoms with Crippen LogP contribution in [-0.4, -0.2) is 22.1 Å². The van der Waals surface area contributed by atoms with Gasteiger partial charge in [-0.05, 0) is 18.6 Å². The van der Waals surface area contributed by atoms with Crippen LogP contribution < -0.4 is 11.0 Å². The molecule has 1 heterocycles. The third-order valence-corrected chi connectivity index (χ3v) is 2.65. The molecule has 0 saturated heterocycles. The fourth-order valence-corrected chi connectivity index (χ4v) is 1.72. The lowest BCUT2D eigenvalue weighted by atomic mass is 10.3. The molecule has 0 aromatic heterocycles. The summed E-state index contributed by atoms with van der Waals surface area (Å²) in [5.74, 6) is 0. The summed E-state index contributed by atoms with van der Waals surface area (Å²) in [5.41, 5.74) is 0.514. The number of carbonyl (C=O) groups is 1. The number of rotatable bonds is 3. The third-order valence-electron chi connectivity index (χ3n) is 2.65. The topological polar surface area (TPSA) is 64.0 Å². The number of fused-ring (bicyclic) bond motifs is 1. The molecular weight excluding hydrogens is 230 g/mol. The number of aromatic nitrogens is 2. The van der Waals surface area contributed by atoms with Gasteiger partial charge in [-0.15, -0.1) is 0 Å². The third kappa shape index (κ3) is 2.40. The predicted octanol–water partition coefficient (Wildman–Crippen LogP) is 1.71. The van der Waals surface area contributed by atoms with Gasteiger partial charge in [-0.3, -0.25) is 0 Å². The molecule has 0 radical (unpaired) electrons. The van der Waals surface area contributed by atoms with Crippen molar-refractivity contribution in [3.05, 3.63) is 40.8 Å². The van der Waals surface area contributed by atoms with Crippen molar-refractivity contribution < 1.29 is 4.79 Å². The van der Waals surface area contributed by atoms with Crippen molar-refractivity contribution in [3.63, 3.8) is 0 Å². The second-order valence-corrected chi connectivity index (χ2v) is 4.00. The quantitative estimate of drug-likeness (QED) is 0.837. The molecule has 0 atom stereocenters. The largest absolute Gasteiger partial charge is 0.357 e. The van der Waals surface area contributed by atoms with Crippen LogP contribution in [0.3, 0.4) is 0 Å². The van der Waals surface area contributed by atoms with Gasteiger partial charge in [0, 0.05) is 6.54 Å². The second kappa shape index (κ2) is 5.44. The van der Waals surface area contributed by atoms with Crippen LogP contribution in [0.2, 0.25) is 0 Å². The van der Waals surface area contributed by atoms with E-state index in [4.69, 9.17) is 0 Å². The molecule has 94 valence electrons. The van der Waals surface area contributed by atoms with Gasteiger partial charge in [0.25, 0.3) is 0 Å². The SMILES string of the molecule is CCCCNC(=O)n1c2cccccc-2nc1=O. The summed E-state index contributed by atoms with van der Waals surface area (Å²) in [6.45, 7) is 2.60. The van der Waals surface area contributed by atoms with E-state index in [9.17, 15) is 9.59 Å². The molecule has 2 aliphatic rings. The van der Waals surface area contributed by atoms with Crippen LogP contribution in [0.15, 0.2) is 35.1 Å². The molecular formula is C13H15N3O2. The van der Waals surface area contributed by atoms with Gasteiger partial charge in [-0.1, -0.05) is 31.5 Å². The maximum absolute atomic E-state index is 11.9. The van der Waals surface area contributed by atoms with Crippen molar-refractivity contribution >= 4 is 6.03 Å². The summed E-state index contributed by atoms with van der Waals surface area (Å²) in [6, 6.07) is 8.40. The lowest BCUT2D eigenvalue weighted by Gasteiger charge is -2.05. The van der Waals surface area contributed by atoms with Crippen LogP contribution in [0, 0.1) is 0 Å². The number of nitrogens with one attached hydrogen (secondary N) is 1. The minimum atomic E-state index is -0.537. The summed E-state index contributed by atoms with van der Waals surface area (Å²) in [7, 11) is 0. The first-order chi connectivity index (χ1) is 8.74. The Bertz CT molecular complexity index is 577. The number of imidazole rings is 1. The van der Waals surface area contributed by atoms with Gasteiger partial charge in [0.1, 0.15) is 0 Å². The average molecular weight is 245 g/mol. The van der Waals surface area contributed by atoms with E-state index in [1.807, 2.05) is 13.0 Å². The van der Waals surface area contributed by atoms with Crippen LogP contribution in [0.1, 0.15) is 19.8 Å². The Hall–Kier alpha value is -2.17.